The molecule has 0 bridgehead atoms. The van der Waals surface area contributed by atoms with E-state index in [1.165, 1.54) is 6.07 Å². The van der Waals surface area contributed by atoms with Crippen LogP contribution in [-0.2, 0) is 9.59 Å². The van der Waals surface area contributed by atoms with Gasteiger partial charge in [0, 0.05) is 11.7 Å². The number of carbonyl (C=O) groups excluding carboxylic acids is 3. The maximum atomic E-state index is 11.7. The van der Waals surface area contributed by atoms with Crippen LogP contribution in [0.4, 0.5) is 5.69 Å². The molecule has 0 spiro atoms. The molecule has 0 saturated heterocycles. The molecule has 0 atom stereocenters. The molecule has 4 N–H and O–H groups in total. The van der Waals surface area contributed by atoms with Gasteiger partial charge in [-0.25, -0.2) is 0 Å². The fraction of sp³-hybridized carbons (Fsp3) is 0.250. The summed E-state index contributed by atoms with van der Waals surface area (Å²) in [7, 11) is 0. The molecule has 94 valence electrons. The molecule has 1 aliphatic rings. The van der Waals surface area contributed by atoms with Crippen molar-refractivity contribution >= 4 is 23.4 Å². The lowest BCUT2D eigenvalue weighted by molar-refractivity contribution is -0.138. The summed E-state index contributed by atoms with van der Waals surface area (Å²) in [4.78, 5) is 34.4. The van der Waals surface area contributed by atoms with Crippen LogP contribution in [0, 0.1) is 0 Å². The molecule has 0 aliphatic heterocycles. The van der Waals surface area contributed by atoms with E-state index < -0.39 is 17.7 Å². The van der Waals surface area contributed by atoms with Crippen molar-refractivity contribution in [3.05, 3.63) is 29.8 Å². The average Bonchev–Trinajstić information content (AvgIpc) is 3.13. The van der Waals surface area contributed by atoms with Gasteiger partial charge in [0.2, 0.25) is 0 Å². The predicted molar refractivity (Wildman–Crippen MR) is 64.5 cm³/mol. The highest BCUT2D eigenvalue weighted by molar-refractivity contribution is 6.38. The molecule has 1 fully saturated rings. The minimum absolute atomic E-state index is 0.0696. The molecule has 1 aliphatic carbocycles. The number of nitrogens with two attached hydrogens (primary N) is 1. The number of nitrogens with one attached hydrogen (secondary N) is 2. The van der Waals surface area contributed by atoms with Crippen molar-refractivity contribution < 1.29 is 14.4 Å². The predicted octanol–water partition coefficient (Wildman–Crippen LogP) is -0.196. The number of imide groups is 1. The van der Waals surface area contributed by atoms with Gasteiger partial charge in [-0.1, -0.05) is 12.1 Å². The van der Waals surface area contributed by atoms with Crippen LogP contribution in [0.25, 0.3) is 0 Å². The van der Waals surface area contributed by atoms with E-state index in [4.69, 9.17) is 5.73 Å². The number of hydrogen-bond donors (Lipinski definition) is 3. The Kier molecular flexibility index (Phi) is 3.27. The van der Waals surface area contributed by atoms with Crippen LogP contribution < -0.4 is 16.4 Å². The normalized spacial score (nSPS) is 13.8. The highest BCUT2D eigenvalue weighted by Gasteiger charge is 2.27. The Morgan fingerprint density at radius 3 is 2.39 bits per heavy atom. The Morgan fingerprint density at radius 2 is 1.78 bits per heavy atom. The quantitative estimate of drug-likeness (QED) is 0.497. The number of amides is 3. The van der Waals surface area contributed by atoms with Crippen LogP contribution in [0.2, 0.25) is 0 Å². The molecule has 0 aromatic heterocycles. The zero-order valence-corrected chi connectivity index (χ0v) is 9.60. The van der Waals surface area contributed by atoms with Crippen LogP contribution in [-0.4, -0.2) is 23.8 Å². The van der Waals surface area contributed by atoms with Gasteiger partial charge in [-0.2, -0.15) is 0 Å². The van der Waals surface area contributed by atoms with Crippen LogP contribution in [0.15, 0.2) is 24.3 Å². The number of para-hydroxylation sites is 1. The van der Waals surface area contributed by atoms with Gasteiger partial charge in [0.25, 0.3) is 5.91 Å². The lowest BCUT2D eigenvalue weighted by Gasteiger charge is -2.06. The number of carbonyl (C=O) groups is 3. The SMILES string of the molecule is Nc1ccccc1C(=O)NC(=O)C(=O)NC1CC1. The van der Waals surface area contributed by atoms with Crippen molar-refractivity contribution in [1.29, 1.82) is 0 Å². The molecule has 1 saturated carbocycles. The molecule has 0 radical (unpaired) electrons. The molecule has 0 heterocycles. The highest BCUT2D eigenvalue weighted by atomic mass is 16.2. The van der Waals surface area contributed by atoms with Crippen molar-refractivity contribution in [2.24, 2.45) is 0 Å². The molecule has 3 amide bonds. The Labute approximate surface area is 104 Å². The minimum atomic E-state index is -0.963. The van der Waals surface area contributed by atoms with Gasteiger partial charge in [0.15, 0.2) is 0 Å². The second-order valence-corrected chi connectivity index (χ2v) is 4.12. The van der Waals surface area contributed by atoms with E-state index in [0.29, 0.717) is 0 Å². The van der Waals surface area contributed by atoms with E-state index in [-0.39, 0.29) is 17.3 Å². The second kappa shape index (κ2) is 4.87. The van der Waals surface area contributed by atoms with Crippen molar-refractivity contribution in [3.63, 3.8) is 0 Å². The summed E-state index contributed by atoms with van der Waals surface area (Å²) in [6.07, 6.45) is 1.75. The Hall–Kier alpha value is -2.37. The number of rotatable bonds is 2. The number of nitrogen functional groups attached to an aromatic ring is 1. The van der Waals surface area contributed by atoms with E-state index in [2.05, 4.69) is 5.32 Å². The third kappa shape index (κ3) is 2.85. The summed E-state index contributed by atoms with van der Waals surface area (Å²) in [5, 5.41) is 4.49. The molecular formula is C12H13N3O3. The third-order valence-corrected chi connectivity index (χ3v) is 2.55. The summed E-state index contributed by atoms with van der Waals surface area (Å²) >= 11 is 0. The van der Waals surface area contributed by atoms with Crippen LogP contribution >= 0.6 is 0 Å². The maximum Gasteiger partial charge on any atom is 0.316 e. The molecule has 2 rings (SSSR count). The average molecular weight is 247 g/mol. The summed E-state index contributed by atoms with van der Waals surface area (Å²) in [5.41, 5.74) is 6.02. The molecule has 1 aromatic carbocycles. The summed E-state index contributed by atoms with van der Waals surface area (Å²) in [5.74, 6) is -2.43. The van der Waals surface area contributed by atoms with E-state index >= 15 is 0 Å². The zero-order valence-electron chi connectivity index (χ0n) is 9.60. The van der Waals surface area contributed by atoms with Crippen molar-refractivity contribution in [1.82, 2.24) is 10.6 Å². The van der Waals surface area contributed by atoms with Crippen molar-refractivity contribution in [3.8, 4) is 0 Å². The largest absolute Gasteiger partial charge is 0.398 e. The van der Waals surface area contributed by atoms with Crippen LogP contribution in [0.5, 0.6) is 0 Å². The topological polar surface area (TPSA) is 101 Å². The van der Waals surface area contributed by atoms with Crippen molar-refractivity contribution in [2.45, 2.75) is 18.9 Å². The van der Waals surface area contributed by atoms with Gasteiger partial charge < -0.3 is 11.1 Å². The molecule has 1 aromatic rings. The number of benzene rings is 1. The van der Waals surface area contributed by atoms with E-state index in [9.17, 15) is 14.4 Å². The first-order chi connectivity index (χ1) is 8.58. The third-order valence-electron chi connectivity index (χ3n) is 2.55. The Bertz CT molecular complexity index is 509. The van der Waals surface area contributed by atoms with E-state index in [1.807, 2.05) is 5.32 Å². The van der Waals surface area contributed by atoms with Crippen molar-refractivity contribution in [2.75, 3.05) is 5.73 Å². The first kappa shape index (κ1) is 12.1. The van der Waals surface area contributed by atoms with E-state index in [0.717, 1.165) is 12.8 Å². The first-order valence-electron chi connectivity index (χ1n) is 5.58. The van der Waals surface area contributed by atoms with Gasteiger partial charge in [-0.05, 0) is 25.0 Å². The Morgan fingerprint density at radius 1 is 1.11 bits per heavy atom. The number of anilines is 1. The van der Waals surface area contributed by atoms with Gasteiger partial charge in [0.05, 0.1) is 5.56 Å². The van der Waals surface area contributed by atoms with Crippen LogP contribution in [0.1, 0.15) is 23.2 Å². The highest BCUT2D eigenvalue weighted by Crippen LogP contribution is 2.18. The van der Waals surface area contributed by atoms with Gasteiger partial charge >= 0.3 is 11.8 Å². The molecule has 6 nitrogen and oxygen atoms in total. The van der Waals surface area contributed by atoms with Gasteiger partial charge in [0.1, 0.15) is 0 Å². The lowest BCUT2D eigenvalue weighted by Crippen LogP contribution is -2.43. The fourth-order valence-corrected chi connectivity index (χ4v) is 1.41. The smallest absolute Gasteiger partial charge is 0.316 e. The minimum Gasteiger partial charge on any atom is -0.398 e. The van der Waals surface area contributed by atoms with Crippen LogP contribution in [0.3, 0.4) is 0 Å². The van der Waals surface area contributed by atoms with E-state index in [1.54, 1.807) is 18.2 Å². The molecule has 18 heavy (non-hydrogen) atoms. The monoisotopic (exact) mass is 247 g/mol. The zero-order chi connectivity index (χ0) is 13.1. The Balaban J connectivity index is 1.96. The number of hydrogen-bond acceptors (Lipinski definition) is 4. The second-order valence-electron chi connectivity index (χ2n) is 4.12. The molecule has 6 heteroatoms. The first-order valence-corrected chi connectivity index (χ1v) is 5.58. The lowest BCUT2D eigenvalue weighted by atomic mass is 10.1. The summed E-state index contributed by atoms with van der Waals surface area (Å²) < 4.78 is 0. The van der Waals surface area contributed by atoms with Gasteiger partial charge in [-0.3, -0.25) is 19.7 Å². The summed E-state index contributed by atoms with van der Waals surface area (Å²) in [6, 6.07) is 6.40. The molecule has 0 unspecified atom stereocenters. The molecular weight excluding hydrogens is 234 g/mol. The van der Waals surface area contributed by atoms with Gasteiger partial charge in [-0.15, -0.1) is 0 Å². The summed E-state index contributed by atoms with van der Waals surface area (Å²) in [6.45, 7) is 0. The maximum absolute atomic E-state index is 11.7. The fourth-order valence-electron chi connectivity index (χ4n) is 1.41. The standard InChI is InChI=1S/C12H13N3O3/c13-9-4-2-1-3-8(9)10(16)15-12(18)11(17)14-7-5-6-7/h1-4,7H,5-6,13H2,(H,14,17)(H,15,16,18).